The Hall–Kier alpha value is -2.29. The number of benzene rings is 1. The van der Waals surface area contributed by atoms with Gasteiger partial charge in [0.2, 0.25) is 0 Å². The van der Waals surface area contributed by atoms with Crippen LogP contribution in [0.1, 0.15) is 29.8 Å². The molecule has 0 bridgehead atoms. The molecule has 174 valence electrons. The van der Waals surface area contributed by atoms with E-state index in [0.29, 0.717) is 11.9 Å². The van der Waals surface area contributed by atoms with Crippen molar-refractivity contribution in [3.05, 3.63) is 29.3 Å². The lowest BCUT2D eigenvalue weighted by molar-refractivity contribution is -0.356. The first-order valence-corrected chi connectivity index (χ1v) is 10.1. The molecule has 0 aliphatic carbocycles. The van der Waals surface area contributed by atoms with Crippen LogP contribution in [0.3, 0.4) is 0 Å². The standard InChI is InChI=1S/C16H17BF6O7S/c1-8(2)12(24)29-11-5-9(6-17)3-4-10(11)13(25)30-14(15(18,19)20,16(21,22)23)7-31(26,27)28/h3-5,8H,6-7,17H2,1-2H3,(H,26,27,28). The Morgan fingerprint density at radius 2 is 1.61 bits per heavy atom. The van der Waals surface area contributed by atoms with Crippen LogP contribution in [0.4, 0.5) is 26.3 Å². The topological polar surface area (TPSA) is 107 Å². The highest BCUT2D eigenvalue weighted by Crippen LogP contribution is 2.47. The molecule has 1 rings (SSSR count). The highest BCUT2D eigenvalue weighted by molar-refractivity contribution is 7.85. The van der Waals surface area contributed by atoms with Gasteiger partial charge in [-0.05, 0) is 12.1 Å². The molecule has 0 aromatic heterocycles. The fraction of sp³-hybridized carbons (Fsp3) is 0.500. The van der Waals surface area contributed by atoms with E-state index in [1.165, 1.54) is 13.8 Å². The minimum Gasteiger partial charge on any atom is -0.434 e. The largest absolute Gasteiger partial charge is 0.438 e. The number of carbonyl (C=O) groups is 2. The minimum absolute atomic E-state index is 0.305. The van der Waals surface area contributed by atoms with Gasteiger partial charge in [0.15, 0.2) is 0 Å². The molecule has 0 atom stereocenters. The molecular weight excluding hydrogens is 461 g/mol. The number of alkyl halides is 6. The summed E-state index contributed by atoms with van der Waals surface area (Å²) in [4.78, 5) is 24.2. The molecule has 0 spiro atoms. The van der Waals surface area contributed by atoms with Gasteiger partial charge in [-0.15, -0.1) is 0 Å². The number of carbonyl (C=O) groups excluding carboxylic acids is 2. The van der Waals surface area contributed by atoms with Gasteiger partial charge in [-0.25, -0.2) is 4.79 Å². The quantitative estimate of drug-likeness (QED) is 0.211. The van der Waals surface area contributed by atoms with Gasteiger partial charge in [-0.1, -0.05) is 31.8 Å². The lowest BCUT2D eigenvalue weighted by Crippen LogP contribution is -2.63. The fourth-order valence-electron chi connectivity index (χ4n) is 2.21. The Bertz CT molecular complexity index is 927. The summed E-state index contributed by atoms with van der Waals surface area (Å²) >= 11 is 0. The second-order valence-electron chi connectivity index (χ2n) is 6.70. The Balaban J connectivity index is 3.60. The summed E-state index contributed by atoms with van der Waals surface area (Å²) in [5.74, 6) is -7.68. The Morgan fingerprint density at radius 3 is 2.00 bits per heavy atom. The zero-order chi connectivity index (χ0) is 24.4. The lowest BCUT2D eigenvalue weighted by Gasteiger charge is -2.35. The van der Waals surface area contributed by atoms with Gasteiger partial charge in [0.05, 0.1) is 5.92 Å². The van der Waals surface area contributed by atoms with E-state index >= 15 is 0 Å². The van der Waals surface area contributed by atoms with E-state index in [9.17, 15) is 44.3 Å². The number of esters is 2. The van der Waals surface area contributed by atoms with E-state index in [-0.39, 0.29) is 0 Å². The summed E-state index contributed by atoms with van der Waals surface area (Å²) in [7, 11) is -4.30. The van der Waals surface area contributed by atoms with E-state index in [0.717, 1.165) is 18.2 Å². The van der Waals surface area contributed by atoms with Crippen LogP contribution in [0.2, 0.25) is 0 Å². The number of halogens is 6. The second-order valence-corrected chi connectivity index (χ2v) is 8.15. The molecule has 1 aromatic rings. The van der Waals surface area contributed by atoms with Gasteiger partial charge in [0.1, 0.15) is 24.9 Å². The maximum absolute atomic E-state index is 13.4. The highest BCUT2D eigenvalue weighted by Gasteiger charge is 2.76. The van der Waals surface area contributed by atoms with Crippen LogP contribution in [-0.4, -0.2) is 56.5 Å². The van der Waals surface area contributed by atoms with Gasteiger partial charge in [0, 0.05) is 0 Å². The van der Waals surface area contributed by atoms with Crippen LogP contribution < -0.4 is 4.74 Å². The molecule has 0 saturated carbocycles. The Labute approximate surface area is 173 Å². The van der Waals surface area contributed by atoms with E-state index in [1.807, 2.05) is 0 Å². The van der Waals surface area contributed by atoms with Crippen molar-refractivity contribution in [1.82, 2.24) is 0 Å². The predicted molar refractivity (Wildman–Crippen MR) is 95.8 cm³/mol. The first kappa shape index (κ1) is 26.7. The van der Waals surface area contributed by atoms with Crippen LogP contribution in [0.5, 0.6) is 5.75 Å². The molecule has 0 aliphatic rings. The number of rotatable bonds is 7. The van der Waals surface area contributed by atoms with Crippen molar-refractivity contribution in [2.24, 2.45) is 5.92 Å². The molecule has 0 amide bonds. The zero-order valence-electron chi connectivity index (χ0n) is 16.3. The van der Waals surface area contributed by atoms with Crippen molar-refractivity contribution in [3.63, 3.8) is 0 Å². The molecule has 0 saturated heterocycles. The molecule has 0 heterocycles. The van der Waals surface area contributed by atoms with E-state index in [2.05, 4.69) is 4.74 Å². The van der Waals surface area contributed by atoms with Crippen LogP contribution in [0, 0.1) is 5.92 Å². The second kappa shape index (κ2) is 9.06. The maximum atomic E-state index is 13.4. The molecule has 1 N–H and O–H groups in total. The third-order valence-corrected chi connectivity index (χ3v) is 4.70. The summed E-state index contributed by atoms with van der Waals surface area (Å²) in [6.45, 7) is 2.77. The van der Waals surface area contributed by atoms with Crippen molar-refractivity contribution in [2.75, 3.05) is 5.75 Å². The van der Waals surface area contributed by atoms with Crippen LogP contribution in [0.15, 0.2) is 18.2 Å². The molecule has 0 unspecified atom stereocenters. The molecule has 31 heavy (non-hydrogen) atoms. The Morgan fingerprint density at radius 1 is 1.10 bits per heavy atom. The van der Waals surface area contributed by atoms with E-state index < -0.39 is 63.0 Å². The normalized spacial score (nSPS) is 13.2. The van der Waals surface area contributed by atoms with Crippen molar-refractivity contribution >= 4 is 29.9 Å². The van der Waals surface area contributed by atoms with E-state index in [4.69, 9.17) is 9.29 Å². The fourth-order valence-corrected chi connectivity index (χ4v) is 3.11. The summed E-state index contributed by atoms with van der Waals surface area (Å²) in [6.07, 6.45) is -12.6. The van der Waals surface area contributed by atoms with Gasteiger partial charge in [-0.2, -0.15) is 34.8 Å². The number of hydrogen-bond acceptors (Lipinski definition) is 6. The summed E-state index contributed by atoms with van der Waals surface area (Å²) < 4.78 is 119. The zero-order valence-corrected chi connectivity index (χ0v) is 17.1. The van der Waals surface area contributed by atoms with Crippen molar-refractivity contribution in [2.45, 2.75) is 38.1 Å². The van der Waals surface area contributed by atoms with Gasteiger partial charge in [0.25, 0.3) is 10.1 Å². The molecule has 7 nitrogen and oxygen atoms in total. The Kier molecular flexibility index (Phi) is 7.82. The van der Waals surface area contributed by atoms with Gasteiger partial charge in [-0.3, -0.25) is 9.35 Å². The highest BCUT2D eigenvalue weighted by atomic mass is 32.2. The summed E-state index contributed by atoms with van der Waals surface area (Å²) in [6, 6.07) is 2.98. The van der Waals surface area contributed by atoms with E-state index in [1.54, 1.807) is 7.85 Å². The summed E-state index contributed by atoms with van der Waals surface area (Å²) in [5.41, 5.74) is -6.15. The molecule has 0 radical (unpaired) electrons. The average molecular weight is 478 g/mol. The lowest BCUT2D eigenvalue weighted by atomic mass is 9.95. The molecule has 1 aromatic carbocycles. The third kappa shape index (κ3) is 6.35. The van der Waals surface area contributed by atoms with Crippen LogP contribution >= 0.6 is 0 Å². The maximum Gasteiger partial charge on any atom is 0.438 e. The van der Waals surface area contributed by atoms with Crippen molar-refractivity contribution in [3.8, 4) is 5.75 Å². The SMILES string of the molecule is BCc1ccc(C(=O)OC(CS(=O)(=O)O)(C(F)(F)F)C(F)(F)F)c(OC(=O)C(C)C)c1. The molecule has 0 aliphatic heterocycles. The molecule has 15 heteroatoms. The van der Waals surface area contributed by atoms with Crippen LogP contribution in [-0.2, 0) is 26.0 Å². The van der Waals surface area contributed by atoms with Crippen molar-refractivity contribution < 1.29 is 58.4 Å². The van der Waals surface area contributed by atoms with Crippen LogP contribution in [0.25, 0.3) is 0 Å². The predicted octanol–water partition coefficient (Wildman–Crippen LogP) is 2.29. The number of ether oxygens (including phenoxy) is 2. The molecule has 0 fully saturated rings. The van der Waals surface area contributed by atoms with Crippen molar-refractivity contribution in [1.29, 1.82) is 0 Å². The molecular formula is C16H17BF6O7S. The smallest absolute Gasteiger partial charge is 0.434 e. The average Bonchev–Trinajstić information content (AvgIpc) is 2.57. The monoisotopic (exact) mass is 478 g/mol. The minimum atomic E-state index is -6.48. The van der Waals surface area contributed by atoms with Gasteiger partial charge >= 0.3 is 29.9 Å². The third-order valence-electron chi connectivity index (χ3n) is 3.92. The first-order valence-electron chi connectivity index (χ1n) is 8.51. The summed E-state index contributed by atoms with van der Waals surface area (Å²) in [5, 5.41) is 0. The number of hydrogen-bond donors (Lipinski definition) is 1. The van der Waals surface area contributed by atoms with Gasteiger partial charge < -0.3 is 9.47 Å². The first-order chi connectivity index (χ1) is 13.8.